The molecule has 7 nitrogen and oxygen atoms in total. The number of hydrogen-bond donors (Lipinski definition) is 1. The minimum absolute atomic E-state index is 0.0596. The van der Waals surface area contributed by atoms with E-state index in [0.717, 1.165) is 0 Å². The van der Waals surface area contributed by atoms with Gasteiger partial charge in [-0.05, 0) is 24.7 Å². The number of ether oxygens (including phenoxy) is 1. The van der Waals surface area contributed by atoms with Gasteiger partial charge in [0.05, 0.1) is 23.6 Å². The Morgan fingerprint density at radius 2 is 2.29 bits per heavy atom. The number of hydrogen-bond acceptors (Lipinski definition) is 5. The topological polar surface area (TPSA) is 84.7 Å². The summed E-state index contributed by atoms with van der Waals surface area (Å²) in [4.78, 5) is 24.5. The molecule has 0 radical (unpaired) electrons. The summed E-state index contributed by atoms with van der Waals surface area (Å²) in [6.45, 7) is 5.87. The van der Waals surface area contributed by atoms with Gasteiger partial charge in [-0.15, -0.1) is 6.58 Å². The lowest BCUT2D eigenvalue weighted by Crippen LogP contribution is -2.47. The maximum atomic E-state index is 12.3. The highest BCUT2D eigenvalue weighted by Crippen LogP contribution is 2.32. The van der Waals surface area contributed by atoms with Gasteiger partial charge in [0.2, 0.25) is 0 Å². The van der Waals surface area contributed by atoms with Crippen molar-refractivity contribution in [2.24, 2.45) is 0 Å². The third kappa shape index (κ3) is 3.28. The fourth-order valence-corrected chi connectivity index (χ4v) is 2.90. The molecule has 0 aliphatic carbocycles. The third-order valence-corrected chi connectivity index (χ3v) is 4.07. The van der Waals surface area contributed by atoms with Crippen molar-refractivity contribution in [3.05, 3.63) is 63.9 Å². The summed E-state index contributed by atoms with van der Waals surface area (Å²) < 4.78 is 4.88. The van der Waals surface area contributed by atoms with Gasteiger partial charge >= 0.3 is 5.97 Å². The predicted octanol–water partition coefficient (Wildman–Crippen LogP) is 2.46. The number of thiocarbonyl (C=S) groups is 1. The highest BCUT2D eigenvalue weighted by molar-refractivity contribution is 7.80. The van der Waals surface area contributed by atoms with Crippen molar-refractivity contribution in [3.63, 3.8) is 0 Å². The van der Waals surface area contributed by atoms with Crippen LogP contribution in [0.4, 0.5) is 5.69 Å². The molecule has 0 fully saturated rings. The molecule has 0 unspecified atom stereocenters. The van der Waals surface area contributed by atoms with Crippen LogP contribution in [0.5, 0.6) is 0 Å². The summed E-state index contributed by atoms with van der Waals surface area (Å²) >= 11 is 5.35. The van der Waals surface area contributed by atoms with Gasteiger partial charge in [0.15, 0.2) is 5.11 Å². The Hall–Kier alpha value is -2.74. The first-order valence-electron chi connectivity index (χ1n) is 7.13. The van der Waals surface area contributed by atoms with E-state index in [4.69, 9.17) is 17.0 Å². The molecule has 1 aromatic rings. The molecule has 0 spiro atoms. The number of methoxy groups -OCH3 is 1. The van der Waals surface area contributed by atoms with Crippen molar-refractivity contribution in [2.45, 2.75) is 13.0 Å². The number of nitrogens with zero attached hydrogens (tertiary/aromatic N) is 2. The van der Waals surface area contributed by atoms with E-state index in [1.807, 2.05) is 0 Å². The van der Waals surface area contributed by atoms with Gasteiger partial charge in [-0.1, -0.05) is 18.2 Å². The van der Waals surface area contributed by atoms with Crippen molar-refractivity contribution in [1.82, 2.24) is 10.2 Å². The summed E-state index contributed by atoms with van der Waals surface area (Å²) in [6, 6.07) is 5.46. The molecule has 0 saturated carbocycles. The Balaban J connectivity index is 2.57. The molecule has 0 aromatic heterocycles. The molecule has 0 bridgehead atoms. The Morgan fingerprint density at radius 1 is 1.58 bits per heavy atom. The molecular formula is C16H17N3O4S. The number of nitro benzene ring substituents is 1. The smallest absolute Gasteiger partial charge is 0.337 e. The number of rotatable bonds is 5. The summed E-state index contributed by atoms with van der Waals surface area (Å²) in [5.74, 6) is -0.520. The van der Waals surface area contributed by atoms with Crippen LogP contribution in [0.2, 0.25) is 0 Å². The molecule has 1 N–H and O–H groups in total. The van der Waals surface area contributed by atoms with Crippen LogP contribution in [0.1, 0.15) is 18.5 Å². The SMILES string of the molecule is C=CCN1C(=S)N[C@@H](c2cccc([N+](=O)[O-])c2)C(C(=O)OC)=C1C. The highest BCUT2D eigenvalue weighted by atomic mass is 32.1. The van der Waals surface area contributed by atoms with Gasteiger partial charge in [0.1, 0.15) is 0 Å². The van der Waals surface area contributed by atoms with Crippen LogP contribution in [-0.2, 0) is 9.53 Å². The maximum absolute atomic E-state index is 12.3. The minimum atomic E-state index is -0.620. The van der Waals surface area contributed by atoms with E-state index in [2.05, 4.69) is 11.9 Å². The van der Waals surface area contributed by atoms with Crippen LogP contribution in [0.15, 0.2) is 48.2 Å². The van der Waals surface area contributed by atoms with E-state index in [-0.39, 0.29) is 5.69 Å². The minimum Gasteiger partial charge on any atom is -0.466 e. The lowest BCUT2D eigenvalue weighted by Gasteiger charge is -2.36. The Morgan fingerprint density at radius 3 is 2.88 bits per heavy atom. The molecule has 2 rings (SSSR count). The van der Waals surface area contributed by atoms with E-state index in [0.29, 0.717) is 28.5 Å². The van der Waals surface area contributed by atoms with Gasteiger partial charge < -0.3 is 15.0 Å². The second-order valence-corrected chi connectivity index (χ2v) is 5.51. The van der Waals surface area contributed by atoms with Gasteiger partial charge in [-0.3, -0.25) is 10.1 Å². The highest BCUT2D eigenvalue weighted by Gasteiger charge is 2.34. The van der Waals surface area contributed by atoms with Crippen LogP contribution < -0.4 is 5.32 Å². The molecule has 126 valence electrons. The molecular weight excluding hydrogens is 330 g/mol. The van der Waals surface area contributed by atoms with Crippen molar-refractivity contribution >= 4 is 29.0 Å². The number of carbonyl (C=O) groups excluding carboxylic acids is 1. The standard InChI is InChI=1S/C16H17N3O4S/c1-4-8-18-10(2)13(15(20)23-3)14(17-16(18)24)11-6-5-7-12(9-11)19(21)22/h4-7,9,14H,1,8H2,2-3H3,(H,17,24)/t14-/m0/s1. The number of carbonyl (C=O) groups is 1. The van der Waals surface area contributed by atoms with Crippen LogP contribution in [0.25, 0.3) is 0 Å². The van der Waals surface area contributed by atoms with E-state index >= 15 is 0 Å². The zero-order valence-electron chi connectivity index (χ0n) is 13.3. The van der Waals surface area contributed by atoms with E-state index < -0.39 is 16.9 Å². The largest absolute Gasteiger partial charge is 0.466 e. The van der Waals surface area contributed by atoms with Crippen LogP contribution in [0.3, 0.4) is 0 Å². The molecule has 0 amide bonds. The lowest BCUT2D eigenvalue weighted by atomic mass is 9.94. The molecule has 1 heterocycles. The molecule has 1 aliphatic heterocycles. The average Bonchev–Trinajstić information content (AvgIpc) is 2.57. The predicted molar refractivity (Wildman–Crippen MR) is 93.2 cm³/mol. The van der Waals surface area contributed by atoms with E-state index in [1.165, 1.54) is 19.2 Å². The third-order valence-electron chi connectivity index (χ3n) is 3.73. The Bertz CT molecular complexity index is 745. The van der Waals surface area contributed by atoms with Gasteiger partial charge in [0.25, 0.3) is 5.69 Å². The number of allylic oxidation sites excluding steroid dienone is 1. The molecule has 1 atom stereocenters. The lowest BCUT2D eigenvalue weighted by molar-refractivity contribution is -0.384. The molecule has 0 saturated heterocycles. The van der Waals surface area contributed by atoms with Crippen molar-refractivity contribution in [2.75, 3.05) is 13.7 Å². The zero-order valence-corrected chi connectivity index (χ0v) is 14.1. The summed E-state index contributed by atoms with van der Waals surface area (Å²) in [6.07, 6.45) is 1.67. The van der Waals surface area contributed by atoms with Gasteiger partial charge in [-0.25, -0.2) is 4.79 Å². The van der Waals surface area contributed by atoms with Crippen LogP contribution in [-0.4, -0.2) is 34.6 Å². The number of nitro groups is 1. The molecule has 1 aromatic carbocycles. The zero-order chi connectivity index (χ0) is 17.9. The fourth-order valence-electron chi connectivity index (χ4n) is 2.57. The second-order valence-electron chi connectivity index (χ2n) is 5.12. The van der Waals surface area contributed by atoms with Gasteiger partial charge in [0, 0.05) is 24.4 Å². The van der Waals surface area contributed by atoms with E-state index in [1.54, 1.807) is 30.0 Å². The van der Waals surface area contributed by atoms with Crippen molar-refractivity contribution in [1.29, 1.82) is 0 Å². The molecule has 1 aliphatic rings. The number of non-ortho nitro benzene ring substituents is 1. The normalized spacial score (nSPS) is 17.3. The monoisotopic (exact) mass is 347 g/mol. The number of nitrogens with one attached hydrogen (secondary N) is 1. The first-order valence-corrected chi connectivity index (χ1v) is 7.53. The van der Waals surface area contributed by atoms with Gasteiger partial charge in [-0.2, -0.15) is 0 Å². The first-order chi connectivity index (χ1) is 11.4. The number of benzene rings is 1. The Kier molecular flexibility index (Phi) is 5.30. The van der Waals surface area contributed by atoms with Crippen LogP contribution in [0, 0.1) is 10.1 Å². The summed E-state index contributed by atoms with van der Waals surface area (Å²) in [7, 11) is 1.29. The Labute approximate surface area is 144 Å². The maximum Gasteiger partial charge on any atom is 0.337 e. The number of esters is 1. The average molecular weight is 347 g/mol. The summed E-state index contributed by atoms with van der Waals surface area (Å²) in [5.41, 5.74) is 1.48. The molecule has 8 heteroatoms. The first kappa shape index (κ1) is 17.6. The fraction of sp³-hybridized carbons (Fsp3) is 0.250. The van der Waals surface area contributed by atoms with Crippen molar-refractivity contribution in [3.8, 4) is 0 Å². The summed E-state index contributed by atoms with van der Waals surface area (Å²) in [5, 5.41) is 14.5. The van der Waals surface area contributed by atoms with E-state index in [9.17, 15) is 14.9 Å². The second kappa shape index (κ2) is 7.22. The van der Waals surface area contributed by atoms with Crippen molar-refractivity contribution < 1.29 is 14.5 Å². The quantitative estimate of drug-likeness (QED) is 0.288. The molecule has 24 heavy (non-hydrogen) atoms. The van der Waals surface area contributed by atoms with Crippen LogP contribution >= 0.6 is 12.2 Å².